The summed E-state index contributed by atoms with van der Waals surface area (Å²) in [4.78, 5) is 9.60. The number of hydrogen-bond donors (Lipinski definition) is 1. The first-order valence-corrected chi connectivity index (χ1v) is 5.18. The van der Waals surface area contributed by atoms with Crippen molar-refractivity contribution in [1.29, 1.82) is 0 Å². The number of benzene rings is 1. The summed E-state index contributed by atoms with van der Waals surface area (Å²) in [5, 5.41) is 7.89. The zero-order valence-electron chi connectivity index (χ0n) is 10.5. The molecule has 92 valence electrons. The second-order valence-corrected chi connectivity index (χ2v) is 3.00. The number of rotatable bonds is 2. The van der Waals surface area contributed by atoms with Crippen LogP contribution in [0, 0.1) is 0 Å². The highest BCUT2D eigenvalue weighted by Gasteiger charge is 1.90. The third-order valence-electron chi connectivity index (χ3n) is 1.36. The number of carboxylic acid groups (broad SMARTS) is 1. The summed E-state index contributed by atoms with van der Waals surface area (Å²) in [7, 11) is 0. The Kier molecular flexibility index (Phi) is 14.2. The van der Waals surface area contributed by atoms with Crippen molar-refractivity contribution in [3.05, 3.63) is 73.4 Å². The van der Waals surface area contributed by atoms with Crippen molar-refractivity contribution in [1.82, 2.24) is 0 Å². The summed E-state index contributed by atoms with van der Waals surface area (Å²) in [6, 6.07) is 12.0. The van der Waals surface area contributed by atoms with Crippen molar-refractivity contribution in [2.75, 3.05) is 0 Å². The van der Waals surface area contributed by atoms with Gasteiger partial charge in [-0.2, -0.15) is 0 Å². The molecule has 0 saturated carbocycles. The standard InChI is InChI=1S/C6H6.C5H8.C4H6O2/c1-2-4-6-5-3-1;1-3-5-4-2;1-3(2)4(5)6/h1-6H;3-5H,1H2,2H3;1H2,2H3,(H,5,6)/b;5-4+;. The molecule has 0 saturated heterocycles. The molecule has 0 amide bonds. The molecule has 0 aliphatic carbocycles. The zero-order chi connectivity index (χ0) is 13.5. The van der Waals surface area contributed by atoms with E-state index in [0.29, 0.717) is 0 Å². The minimum absolute atomic E-state index is 0.176. The topological polar surface area (TPSA) is 37.3 Å². The van der Waals surface area contributed by atoms with Crippen LogP contribution in [0.3, 0.4) is 0 Å². The van der Waals surface area contributed by atoms with Crippen LogP contribution in [0.15, 0.2) is 73.4 Å². The van der Waals surface area contributed by atoms with Crippen molar-refractivity contribution in [3.63, 3.8) is 0 Å². The van der Waals surface area contributed by atoms with Crippen LogP contribution in [0.1, 0.15) is 13.8 Å². The average Bonchev–Trinajstić information content (AvgIpc) is 2.34. The zero-order valence-corrected chi connectivity index (χ0v) is 10.5. The van der Waals surface area contributed by atoms with E-state index in [4.69, 9.17) is 5.11 Å². The predicted molar refractivity (Wildman–Crippen MR) is 73.9 cm³/mol. The summed E-state index contributed by atoms with van der Waals surface area (Å²) in [6.07, 6.45) is 5.58. The third kappa shape index (κ3) is 20.1. The second-order valence-electron chi connectivity index (χ2n) is 3.00. The molecule has 0 aliphatic rings. The first-order chi connectivity index (χ1) is 8.06. The maximum atomic E-state index is 9.60. The molecule has 17 heavy (non-hydrogen) atoms. The lowest BCUT2D eigenvalue weighted by atomic mass is 10.4. The normalized spacial score (nSPS) is 8.12. The van der Waals surface area contributed by atoms with Crippen LogP contribution in [0.5, 0.6) is 0 Å². The van der Waals surface area contributed by atoms with Crippen LogP contribution in [0.2, 0.25) is 0 Å². The number of aliphatic carboxylic acids is 1. The first kappa shape index (κ1) is 17.3. The Hall–Kier alpha value is -2.09. The Labute approximate surface area is 104 Å². The van der Waals surface area contributed by atoms with E-state index in [1.54, 1.807) is 6.08 Å². The number of hydrogen-bond acceptors (Lipinski definition) is 1. The molecule has 0 heterocycles. The minimum Gasteiger partial charge on any atom is -0.478 e. The van der Waals surface area contributed by atoms with Gasteiger partial charge < -0.3 is 5.11 Å². The molecule has 1 aromatic rings. The monoisotopic (exact) mass is 232 g/mol. The fourth-order valence-electron chi connectivity index (χ4n) is 0.521. The lowest BCUT2D eigenvalue weighted by Crippen LogP contribution is -1.92. The lowest BCUT2D eigenvalue weighted by Gasteiger charge is -1.79. The quantitative estimate of drug-likeness (QED) is 0.616. The molecule has 1 N–H and O–H groups in total. The second kappa shape index (κ2) is 13.9. The number of allylic oxidation sites excluding steroid dienone is 3. The van der Waals surface area contributed by atoms with E-state index < -0.39 is 5.97 Å². The van der Waals surface area contributed by atoms with E-state index in [2.05, 4.69) is 13.2 Å². The van der Waals surface area contributed by atoms with Crippen LogP contribution < -0.4 is 0 Å². The predicted octanol–water partition coefficient (Wildman–Crippen LogP) is 4.08. The Morgan fingerprint density at radius 1 is 1.12 bits per heavy atom. The summed E-state index contributed by atoms with van der Waals surface area (Å²) in [6.45, 7) is 10.0. The highest BCUT2D eigenvalue weighted by Crippen LogP contribution is 1.81. The summed E-state index contributed by atoms with van der Waals surface area (Å²) >= 11 is 0. The lowest BCUT2D eigenvalue weighted by molar-refractivity contribution is -0.132. The van der Waals surface area contributed by atoms with Crippen molar-refractivity contribution in [3.8, 4) is 0 Å². The van der Waals surface area contributed by atoms with Gasteiger partial charge in [-0.15, -0.1) is 0 Å². The van der Waals surface area contributed by atoms with Gasteiger partial charge in [0, 0.05) is 5.57 Å². The van der Waals surface area contributed by atoms with Gasteiger partial charge in [-0.3, -0.25) is 0 Å². The average molecular weight is 232 g/mol. The SMILES string of the molecule is C=C(C)C(=O)O.C=C/C=C/C.c1ccccc1. The van der Waals surface area contributed by atoms with Crippen molar-refractivity contribution < 1.29 is 9.90 Å². The van der Waals surface area contributed by atoms with Crippen LogP contribution in [-0.4, -0.2) is 11.1 Å². The Morgan fingerprint density at radius 2 is 1.41 bits per heavy atom. The highest BCUT2D eigenvalue weighted by atomic mass is 16.4. The fourth-order valence-corrected chi connectivity index (χ4v) is 0.521. The summed E-state index contributed by atoms with van der Waals surface area (Å²) in [5.74, 6) is -0.935. The molecular weight excluding hydrogens is 212 g/mol. The van der Waals surface area contributed by atoms with E-state index in [1.807, 2.05) is 55.5 Å². The maximum absolute atomic E-state index is 9.60. The van der Waals surface area contributed by atoms with Gasteiger partial charge in [0.15, 0.2) is 0 Å². The van der Waals surface area contributed by atoms with Crippen LogP contribution >= 0.6 is 0 Å². The van der Waals surface area contributed by atoms with Gasteiger partial charge in [0.1, 0.15) is 0 Å². The van der Waals surface area contributed by atoms with Gasteiger partial charge in [-0.25, -0.2) is 4.79 Å². The molecule has 0 aliphatic heterocycles. The van der Waals surface area contributed by atoms with Gasteiger partial charge in [0.05, 0.1) is 0 Å². The molecule has 0 aromatic heterocycles. The molecule has 0 bridgehead atoms. The van der Waals surface area contributed by atoms with E-state index in [1.165, 1.54) is 6.92 Å². The van der Waals surface area contributed by atoms with Crippen LogP contribution in [0.25, 0.3) is 0 Å². The third-order valence-corrected chi connectivity index (χ3v) is 1.36. The van der Waals surface area contributed by atoms with Crippen LogP contribution in [-0.2, 0) is 4.79 Å². The molecule has 2 heteroatoms. The molecule has 0 spiro atoms. The highest BCUT2D eigenvalue weighted by molar-refractivity contribution is 5.84. The van der Waals surface area contributed by atoms with E-state index in [9.17, 15) is 4.79 Å². The van der Waals surface area contributed by atoms with Crippen molar-refractivity contribution in [2.45, 2.75) is 13.8 Å². The Balaban J connectivity index is 0. The molecule has 2 nitrogen and oxygen atoms in total. The van der Waals surface area contributed by atoms with Crippen molar-refractivity contribution in [2.24, 2.45) is 0 Å². The summed E-state index contributed by atoms with van der Waals surface area (Å²) < 4.78 is 0. The molecule has 1 rings (SSSR count). The number of carbonyl (C=O) groups is 1. The molecule has 0 unspecified atom stereocenters. The van der Waals surface area contributed by atoms with E-state index >= 15 is 0 Å². The van der Waals surface area contributed by atoms with Gasteiger partial charge in [-0.1, -0.05) is 67.8 Å². The molecule has 0 atom stereocenters. The minimum atomic E-state index is -0.935. The molecular formula is C15H20O2. The van der Waals surface area contributed by atoms with Gasteiger partial charge in [0.2, 0.25) is 0 Å². The van der Waals surface area contributed by atoms with Gasteiger partial charge in [0.25, 0.3) is 0 Å². The summed E-state index contributed by atoms with van der Waals surface area (Å²) in [5.41, 5.74) is 0.176. The number of carboxylic acids is 1. The fraction of sp³-hybridized carbons (Fsp3) is 0.133. The smallest absolute Gasteiger partial charge is 0.330 e. The largest absolute Gasteiger partial charge is 0.478 e. The van der Waals surface area contributed by atoms with Crippen molar-refractivity contribution >= 4 is 5.97 Å². The van der Waals surface area contributed by atoms with E-state index in [-0.39, 0.29) is 5.57 Å². The van der Waals surface area contributed by atoms with E-state index in [0.717, 1.165) is 0 Å². The molecule has 1 aromatic carbocycles. The molecule has 0 fully saturated rings. The van der Waals surface area contributed by atoms with Gasteiger partial charge >= 0.3 is 5.97 Å². The Bertz CT molecular complexity index is 298. The molecule has 0 radical (unpaired) electrons. The maximum Gasteiger partial charge on any atom is 0.330 e. The first-order valence-electron chi connectivity index (χ1n) is 5.18. The van der Waals surface area contributed by atoms with Gasteiger partial charge in [-0.05, 0) is 13.8 Å². The Morgan fingerprint density at radius 3 is 1.47 bits per heavy atom. The van der Waals surface area contributed by atoms with Crippen LogP contribution in [0.4, 0.5) is 0 Å².